The number of amides is 2. The van der Waals surface area contributed by atoms with Gasteiger partial charge in [0.1, 0.15) is 11.6 Å². The van der Waals surface area contributed by atoms with Crippen LogP contribution in [0.2, 0.25) is 0 Å². The van der Waals surface area contributed by atoms with Gasteiger partial charge in [-0.2, -0.15) is 0 Å². The summed E-state index contributed by atoms with van der Waals surface area (Å²) in [5, 5.41) is 13.4. The minimum Gasteiger partial charge on any atom is -0.328 e. The van der Waals surface area contributed by atoms with Gasteiger partial charge in [0.2, 0.25) is 0 Å². The monoisotopic (exact) mass is 345 g/mol. The molecule has 0 unspecified atom stereocenters. The fourth-order valence-corrected chi connectivity index (χ4v) is 2.49. The Bertz CT molecular complexity index is 909. The van der Waals surface area contributed by atoms with E-state index in [9.17, 15) is 13.6 Å². The van der Waals surface area contributed by atoms with Crippen molar-refractivity contribution < 1.29 is 13.6 Å². The van der Waals surface area contributed by atoms with Crippen LogP contribution in [0.4, 0.5) is 19.3 Å². The van der Waals surface area contributed by atoms with Crippen molar-refractivity contribution >= 4 is 17.4 Å². The van der Waals surface area contributed by atoms with Crippen molar-refractivity contribution in [3.8, 4) is 0 Å². The lowest BCUT2D eigenvalue weighted by Gasteiger charge is -2.21. The Kier molecular flexibility index (Phi) is 4.60. The number of rotatable bonds is 4. The molecule has 0 bridgehead atoms. The van der Waals surface area contributed by atoms with Gasteiger partial charge in [0.25, 0.3) is 0 Å². The second-order valence-corrected chi connectivity index (χ2v) is 5.93. The van der Waals surface area contributed by atoms with E-state index in [1.807, 2.05) is 32.0 Å². The molecule has 0 aliphatic carbocycles. The average Bonchev–Trinajstić information content (AvgIpc) is 2.99. The number of nitrogens with one attached hydrogen (secondary N) is 2. The minimum atomic E-state index is -0.843. The number of benzene rings is 1. The lowest BCUT2D eigenvalue weighted by molar-refractivity contribution is 0.243. The summed E-state index contributed by atoms with van der Waals surface area (Å²) >= 11 is 0. The van der Waals surface area contributed by atoms with Gasteiger partial charge >= 0.3 is 6.03 Å². The van der Waals surface area contributed by atoms with Crippen molar-refractivity contribution in [1.29, 1.82) is 0 Å². The molecular formula is C17H17F2N5O. The summed E-state index contributed by atoms with van der Waals surface area (Å²) in [5.74, 6) is -0.973. The smallest absolute Gasteiger partial charge is 0.319 e. The van der Waals surface area contributed by atoms with Crippen LogP contribution >= 0.6 is 0 Å². The number of carbonyl (C=O) groups excluding carboxylic acids is 1. The molecule has 0 aliphatic heterocycles. The van der Waals surface area contributed by atoms with Crippen LogP contribution in [-0.4, -0.2) is 20.6 Å². The number of hydrogen-bond acceptors (Lipinski definition) is 3. The number of halogens is 2. The first-order valence-corrected chi connectivity index (χ1v) is 7.78. The van der Waals surface area contributed by atoms with Crippen molar-refractivity contribution in [2.45, 2.75) is 19.9 Å². The molecule has 0 spiro atoms. The van der Waals surface area contributed by atoms with Crippen molar-refractivity contribution in [1.82, 2.24) is 19.9 Å². The molecule has 130 valence electrons. The van der Waals surface area contributed by atoms with E-state index < -0.39 is 23.7 Å². The highest BCUT2D eigenvalue weighted by Crippen LogP contribution is 2.21. The fraction of sp³-hybridized carbons (Fsp3) is 0.235. The third-order valence-electron chi connectivity index (χ3n) is 3.75. The van der Waals surface area contributed by atoms with Crippen LogP contribution in [-0.2, 0) is 0 Å². The van der Waals surface area contributed by atoms with E-state index in [-0.39, 0.29) is 11.6 Å². The Labute approximate surface area is 142 Å². The van der Waals surface area contributed by atoms with Crippen LogP contribution in [0.3, 0.4) is 0 Å². The number of urea groups is 1. The molecule has 8 heteroatoms. The van der Waals surface area contributed by atoms with Crippen LogP contribution < -0.4 is 10.6 Å². The maximum atomic E-state index is 13.7. The number of fused-ring (bicyclic) bond motifs is 1. The quantitative estimate of drug-likeness (QED) is 0.760. The Balaban J connectivity index is 1.81. The molecule has 0 aliphatic rings. The molecule has 25 heavy (non-hydrogen) atoms. The van der Waals surface area contributed by atoms with Gasteiger partial charge in [-0.3, -0.25) is 4.40 Å². The second-order valence-electron chi connectivity index (χ2n) is 5.93. The van der Waals surface area contributed by atoms with Gasteiger partial charge in [0.05, 0.1) is 11.7 Å². The summed E-state index contributed by atoms with van der Waals surface area (Å²) in [5.41, 5.74) is 0.558. The highest BCUT2D eigenvalue weighted by Gasteiger charge is 2.24. The zero-order valence-corrected chi connectivity index (χ0v) is 13.7. The summed E-state index contributed by atoms with van der Waals surface area (Å²) in [6, 6.07) is 7.38. The normalized spacial score (nSPS) is 12.4. The first-order chi connectivity index (χ1) is 12.0. The lowest BCUT2D eigenvalue weighted by Crippen LogP contribution is -2.36. The number of anilines is 1. The Morgan fingerprint density at radius 1 is 1.16 bits per heavy atom. The van der Waals surface area contributed by atoms with E-state index in [2.05, 4.69) is 20.8 Å². The number of hydrogen-bond donors (Lipinski definition) is 2. The van der Waals surface area contributed by atoms with E-state index in [1.165, 1.54) is 6.07 Å². The molecule has 1 aromatic carbocycles. The van der Waals surface area contributed by atoms with Gasteiger partial charge in [0, 0.05) is 12.3 Å². The van der Waals surface area contributed by atoms with Crippen molar-refractivity contribution in [3.05, 3.63) is 60.1 Å². The molecule has 2 heterocycles. The zero-order chi connectivity index (χ0) is 18.0. The maximum absolute atomic E-state index is 13.7. The SMILES string of the molecule is CC(C)[C@@H](NC(=O)Nc1ccc(F)cc1F)c1nnc2ccccn12. The Morgan fingerprint density at radius 2 is 1.96 bits per heavy atom. The Hall–Kier alpha value is -3.03. The Morgan fingerprint density at radius 3 is 2.68 bits per heavy atom. The van der Waals surface area contributed by atoms with E-state index >= 15 is 0 Å². The first-order valence-electron chi connectivity index (χ1n) is 7.78. The van der Waals surface area contributed by atoms with Crippen molar-refractivity contribution in [2.24, 2.45) is 5.92 Å². The van der Waals surface area contributed by atoms with E-state index in [0.717, 1.165) is 6.07 Å². The predicted molar refractivity (Wildman–Crippen MR) is 89.1 cm³/mol. The summed E-state index contributed by atoms with van der Waals surface area (Å²) < 4.78 is 28.4. The lowest BCUT2D eigenvalue weighted by atomic mass is 10.0. The molecule has 3 aromatic rings. The van der Waals surface area contributed by atoms with Crippen LogP contribution in [0.1, 0.15) is 25.7 Å². The molecule has 0 fully saturated rings. The molecule has 6 nitrogen and oxygen atoms in total. The number of pyridine rings is 1. The van der Waals surface area contributed by atoms with Crippen LogP contribution in [0.5, 0.6) is 0 Å². The molecular weight excluding hydrogens is 328 g/mol. The van der Waals surface area contributed by atoms with E-state index in [0.29, 0.717) is 17.5 Å². The highest BCUT2D eigenvalue weighted by atomic mass is 19.1. The highest BCUT2D eigenvalue weighted by molar-refractivity contribution is 5.89. The number of aromatic nitrogens is 3. The number of nitrogens with zero attached hydrogens (tertiary/aromatic N) is 3. The summed E-state index contributed by atoms with van der Waals surface area (Å²) in [7, 11) is 0. The molecule has 0 radical (unpaired) electrons. The van der Waals surface area contributed by atoms with Crippen molar-refractivity contribution in [2.75, 3.05) is 5.32 Å². The van der Waals surface area contributed by atoms with E-state index in [1.54, 1.807) is 10.6 Å². The van der Waals surface area contributed by atoms with Gasteiger partial charge in [-0.05, 0) is 30.2 Å². The van der Waals surface area contributed by atoms with Gasteiger partial charge in [-0.25, -0.2) is 13.6 Å². The maximum Gasteiger partial charge on any atom is 0.319 e. The summed E-state index contributed by atoms with van der Waals surface area (Å²) in [6.45, 7) is 3.85. The van der Waals surface area contributed by atoms with Gasteiger partial charge in [0.15, 0.2) is 11.5 Å². The summed E-state index contributed by atoms with van der Waals surface area (Å²) in [4.78, 5) is 12.3. The third-order valence-corrected chi connectivity index (χ3v) is 3.75. The van der Waals surface area contributed by atoms with Crippen LogP contribution in [0.15, 0.2) is 42.6 Å². The topological polar surface area (TPSA) is 71.3 Å². The largest absolute Gasteiger partial charge is 0.328 e. The minimum absolute atomic E-state index is 0.0106. The fourth-order valence-electron chi connectivity index (χ4n) is 2.49. The van der Waals surface area contributed by atoms with Crippen LogP contribution in [0, 0.1) is 17.6 Å². The van der Waals surface area contributed by atoms with Crippen LogP contribution in [0.25, 0.3) is 5.65 Å². The molecule has 3 rings (SSSR count). The van der Waals surface area contributed by atoms with Gasteiger partial charge in [-0.15, -0.1) is 10.2 Å². The molecule has 0 saturated heterocycles. The molecule has 2 aromatic heterocycles. The first kappa shape index (κ1) is 16.8. The van der Waals surface area contributed by atoms with E-state index in [4.69, 9.17) is 0 Å². The van der Waals surface area contributed by atoms with Gasteiger partial charge < -0.3 is 10.6 Å². The molecule has 1 atom stereocenters. The van der Waals surface area contributed by atoms with Crippen molar-refractivity contribution in [3.63, 3.8) is 0 Å². The molecule has 2 N–H and O–H groups in total. The molecule has 0 saturated carbocycles. The average molecular weight is 345 g/mol. The van der Waals surface area contributed by atoms with Gasteiger partial charge in [-0.1, -0.05) is 19.9 Å². The zero-order valence-electron chi connectivity index (χ0n) is 13.7. The molecule has 2 amide bonds. The third kappa shape index (κ3) is 3.57. The second kappa shape index (κ2) is 6.84. The predicted octanol–water partition coefficient (Wildman–Crippen LogP) is 3.53. The number of carbonyl (C=O) groups is 1. The summed E-state index contributed by atoms with van der Waals surface area (Å²) in [6.07, 6.45) is 1.80. The standard InChI is InChI=1S/C17H17F2N5O/c1-10(2)15(16-23-22-14-5-3-4-8-24(14)16)21-17(25)20-13-7-6-11(18)9-12(13)19/h3-10,15H,1-2H3,(H2,20,21,25)/t15-/m1/s1.